The number of aromatic nitrogens is 4. The van der Waals surface area contributed by atoms with Crippen molar-refractivity contribution in [1.29, 1.82) is 0 Å². The first-order valence-corrected chi connectivity index (χ1v) is 9.07. The minimum Gasteiger partial charge on any atom is -0.394 e. The lowest BCUT2D eigenvalue weighted by Crippen LogP contribution is -2.39. The average Bonchev–Trinajstić information content (AvgIpc) is 3.23. The van der Waals surface area contributed by atoms with E-state index < -0.39 is 48.0 Å². The molecule has 0 radical (unpaired) electrons. The van der Waals surface area contributed by atoms with Gasteiger partial charge in [-0.05, 0) is 25.1 Å². The van der Waals surface area contributed by atoms with Crippen LogP contribution >= 0.6 is 0 Å². The van der Waals surface area contributed by atoms with E-state index in [1.807, 2.05) is 0 Å². The number of hydrogen-bond donors (Lipinski definition) is 2. The minimum atomic E-state index is -4.57. The van der Waals surface area contributed by atoms with E-state index in [1.54, 1.807) is 0 Å². The molecule has 0 fully saturated rings. The molecule has 0 saturated heterocycles. The van der Waals surface area contributed by atoms with Gasteiger partial charge in [0.05, 0.1) is 30.3 Å². The number of nitrogens with one attached hydrogen (secondary N) is 1. The van der Waals surface area contributed by atoms with Crippen molar-refractivity contribution in [3.63, 3.8) is 0 Å². The Bertz CT molecular complexity index is 1170. The van der Waals surface area contributed by atoms with Gasteiger partial charge in [0.1, 0.15) is 11.3 Å². The topological polar surface area (TPSA) is 102 Å². The van der Waals surface area contributed by atoms with Gasteiger partial charge in [0.2, 0.25) is 0 Å². The number of carbonyl (C=O) groups is 1. The van der Waals surface area contributed by atoms with E-state index in [0.717, 1.165) is 42.7 Å². The summed E-state index contributed by atoms with van der Waals surface area (Å²) in [7, 11) is 0. The zero-order valence-corrected chi connectivity index (χ0v) is 16.3. The van der Waals surface area contributed by atoms with Gasteiger partial charge in [-0.1, -0.05) is 12.1 Å². The van der Waals surface area contributed by atoms with E-state index in [-0.39, 0.29) is 21.6 Å². The largest absolute Gasteiger partial charge is 0.416 e. The number of rotatable bonds is 6. The molecule has 0 bridgehead atoms. The van der Waals surface area contributed by atoms with Crippen LogP contribution in [0.15, 0.2) is 47.5 Å². The Balaban J connectivity index is 2.15. The van der Waals surface area contributed by atoms with Crippen molar-refractivity contribution in [2.45, 2.75) is 25.7 Å². The summed E-state index contributed by atoms with van der Waals surface area (Å²) in [5.74, 6) is -0.887. The summed E-state index contributed by atoms with van der Waals surface area (Å²) in [6.45, 7) is -1.94. The number of benzene rings is 1. The van der Waals surface area contributed by atoms with Crippen LogP contribution in [0.25, 0.3) is 16.9 Å². The third-order valence-electron chi connectivity index (χ3n) is 4.35. The number of aliphatic hydroxyl groups excluding tert-OH is 1. The van der Waals surface area contributed by atoms with Crippen LogP contribution in [0, 0.1) is 0 Å². The molecule has 0 spiro atoms. The van der Waals surface area contributed by atoms with Crippen molar-refractivity contribution in [1.82, 2.24) is 24.9 Å². The van der Waals surface area contributed by atoms with Gasteiger partial charge < -0.3 is 10.4 Å². The number of nitrogens with zero attached hydrogens (tertiary/aromatic N) is 4. The van der Waals surface area contributed by atoms with E-state index in [2.05, 4.69) is 15.5 Å². The summed E-state index contributed by atoms with van der Waals surface area (Å²) in [4.78, 5) is 25.4. The van der Waals surface area contributed by atoms with Gasteiger partial charge in [-0.3, -0.25) is 9.59 Å². The number of amides is 1. The van der Waals surface area contributed by atoms with E-state index in [4.69, 9.17) is 5.11 Å². The lowest BCUT2D eigenvalue weighted by atomic mass is 10.1. The summed E-state index contributed by atoms with van der Waals surface area (Å²) < 4.78 is 65.2. The SMILES string of the molecule is C[C@@H](CO)NC(=O)c1cc(-c2ccc(C(F)(F)F)cc2)nn(-c2cnn(C(F)F)c2)c1=O. The standard InChI is InChI=1S/C19H16F5N5O3/c1-10(9-30)26-16(31)14-6-15(11-2-4-12(5-3-11)19(22,23)24)27-29(17(14)32)13-7-25-28(8-13)18(20)21/h2-8,10,18,30H,9H2,1H3,(H,26,31)/t10-/m0/s1. The molecule has 13 heteroatoms. The second kappa shape index (κ2) is 8.86. The zero-order valence-electron chi connectivity index (χ0n) is 16.3. The van der Waals surface area contributed by atoms with Gasteiger partial charge in [0.25, 0.3) is 11.5 Å². The Kier molecular flexibility index (Phi) is 6.39. The maximum atomic E-state index is 12.9. The summed E-state index contributed by atoms with van der Waals surface area (Å²) >= 11 is 0. The molecule has 0 aliphatic heterocycles. The summed E-state index contributed by atoms with van der Waals surface area (Å²) in [5.41, 5.74) is -2.46. The van der Waals surface area contributed by atoms with Crippen molar-refractivity contribution in [2.75, 3.05) is 6.61 Å². The quantitative estimate of drug-likeness (QED) is 0.555. The smallest absolute Gasteiger partial charge is 0.394 e. The second-order valence-electron chi connectivity index (χ2n) is 6.75. The molecule has 1 atom stereocenters. The van der Waals surface area contributed by atoms with Crippen molar-refractivity contribution in [2.24, 2.45) is 0 Å². The molecule has 3 aromatic rings. The van der Waals surface area contributed by atoms with Crippen LogP contribution in [0.5, 0.6) is 0 Å². The lowest BCUT2D eigenvalue weighted by Gasteiger charge is -2.13. The molecule has 2 aromatic heterocycles. The van der Waals surface area contributed by atoms with Crippen LogP contribution in [0.1, 0.15) is 29.4 Å². The molecule has 0 aliphatic carbocycles. The molecular weight excluding hydrogens is 441 g/mol. The molecule has 1 aromatic carbocycles. The van der Waals surface area contributed by atoms with Crippen LogP contribution in [0.3, 0.4) is 0 Å². The molecule has 0 aliphatic rings. The van der Waals surface area contributed by atoms with Crippen LogP contribution < -0.4 is 10.9 Å². The first-order valence-electron chi connectivity index (χ1n) is 9.07. The predicted molar refractivity (Wildman–Crippen MR) is 101 cm³/mol. The van der Waals surface area contributed by atoms with E-state index >= 15 is 0 Å². The molecule has 0 saturated carbocycles. The summed E-state index contributed by atoms with van der Waals surface area (Å²) in [6.07, 6.45) is -2.82. The lowest BCUT2D eigenvalue weighted by molar-refractivity contribution is -0.137. The van der Waals surface area contributed by atoms with Crippen molar-refractivity contribution >= 4 is 5.91 Å². The minimum absolute atomic E-state index is 0.0649. The van der Waals surface area contributed by atoms with Crippen LogP contribution in [-0.4, -0.2) is 43.2 Å². The number of hydrogen-bond acceptors (Lipinski definition) is 5. The molecule has 3 rings (SSSR count). The molecule has 170 valence electrons. The van der Waals surface area contributed by atoms with E-state index in [1.165, 1.54) is 6.92 Å². The number of carbonyl (C=O) groups excluding carboxylic acids is 1. The second-order valence-corrected chi connectivity index (χ2v) is 6.75. The molecule has 32 heavy (non-hydrogen) atoms. The fraction of sp³-hybridized carbons (Fsp3) is 0.263. The highest BCUT2D eigenvalue weighted by molar-refractivity contribution is 5.95. The first kappa shape index (κ1) is 23.1. The Morgan fingerprint density at radius 2 is 1.88 bits per heavy atom. The van der Waals surface area contributed by atoms with Crippen molar-refractivity contribution in [3.8, 4) is 16.9 Å². The van der Waals surface area contributed by atoms with Gasteiger partial charge in [0, 0.05) is 11.6 Å². The fourth-order valence-electron chi connectivity index (χ4n) is 2.69. The third-order valence-corrected chi connectivity index (χ3v) is 4.35. The average molecular weight is 457 g/mol. The monoisotopic (exact) mass is 457 g/mol. The molecular formula is C19H16F5N5O3. The normalized spacial score (nSPS) is 12.8. The maximum Gasteiger partial charge on any atom is 0.416 e. The molecule has 8 nitrogen and oxygen atoms in total. The van der Waals surface area contributed by atoms with E-state index in [0.29, 0.717) is 4.68 Å². The van der Waals surface area contributed by atoms with Crippen LogP contribution in [0.2, 0.25) is 0 Å². The maximum absolute atomic E-state index is 12.9. The molecule has 1 amide bonds. The van der Waals surface area contributed by atoms with Crippen LogP contribution in [0.4, 0.5) is 22.0 Å². The van der Waals surface area contributed by atoms with Crippen molar-refractivity contribution in [3.05, 3.63) is 64.2 Å². The Hall–Kier alpha value is -3.61. The van der Waals surface area contributed by atoms with Crippen LogP contribution in [-0.2, 0) is 6.18 Å². The predicted octanol–water partition coefficient (Wildman–Crippen LogP) is 2.62. The first-order chi connectivity index (χ1) is 15.0. The van der Waals surface area contributed by atoms with E-state index in [9.17, 15) is 31.5 Å². The highest BCUT2D eigenvalue weighted by Gasteiger charge is 2.30. The third kappa shape index (κ3) is 4.82. The Morgan fingerprint density at radius 3 is 2.41 bits per heavy atom. The Labute approximate surface area is 176 Å². The fourth-order valence-corrected chi connectivity index (χ4v) is 2.69. The summed E-state index contributed by atoms with van der Waals surface area (Å²) in [5, 5.41) is 18.9. The number of halogens is 5. The van der Waals surface area contributed by atoms with Crippen molar-refractivity contribution < 1.29 is 31.9 Å². The van der Waals surface area contributed by atoms with Gasteiger partial charge in [0.15, 0.2) is 0 Å². The van der Waals surface area contributed by atoms with Gasteiger partial charge in [-0.15, -0.1) is 0 Å². The van der Waals surface area contributed by atoms with Gasteiger partial charge in [-0.2, -0.15) is 36.8 Å². The highest BCUT2D eigenvalue weighted by atomic mass is 19.4. The van der Waals surface area contributed by atoms with Gasteiger partial charge in [-0.25, -0.2) is 4.68 Å². The molecule has 2 heterocycles. The van der Waals surface area contributed by atoms with Gasteiger partial charge >= 0.3 is 12.7 Å². The number of aliphatic hydroxyl groups is 1. The molecule has 2 N–H and O–H groups in total. The number of alkyl halides is 5. The zero-order chi connectivity index (χ0) is 23.6. The Morgan fingerprint density at radius 1 is 1.22 bits per heavy atom. The summed E-state index contributed by atoms with van der Waals surface area (Å²) in [6, 6.07) is 4.16. The molecule has 0 unspecified atom stereocenters. The highest BCUT2D eigenvalue weighted by Crippen LogP contribution is 2.30.